The van der Waals surface area contributed by atoms with E-state index in [-0.39, 0.29) is 12.1 Å². The molecule has 0 atom stereocenters. The minimum Gasteiger partial charge on any atom is -0.233 e. The van der Waals surface area contributed by atoms with E-state index in [1.54, 1.807) is 17.1 Å². The summed E-state index contributed by atoms with van der Waals surface area (Å²) in [6.45, 7) is 7.71. The number of hydrogen-bond donors (Lipinski definition) is 0. The molecule has 1 aromatic rings. The minimum atomic E-state index is -0.404. The summed E-state index contributed by atoms with van der Waals surface area (Å²) in [6, 6.07) is 3.55. The van der Waals surface area contributed by atoms with Gasteiger partial charge in [0, 0.05) is 16.6 Å². The second kappa shape index (κ2) is 7.20. The Hall–Kier alpha value is -0.180. The summed E-state index contributed by atoms with van der Waals surface area (Å²) in [6.07, 6.45) is 0. The molecule has 0 aromatic heterocycles. The summed E-state index contributed by atoms with van der Waals surface area (Å²) >= 11 is 10.2. The molecule has 0 bridgehead atoms. The van der Waals surface area contributed by atoms with Crippen LogP contribution in [0.3, 0.4) is 0 Å². The molecule has 1 aromatic carbocycles. The molecule has 8 heteroatoms. The molecule has 20 heavy (non-hydrogen) atoms. The molecule has 0 fully saturated rings. The third-order valence-corrected chi connectivity index (χ3v) is 4.28. The highest BCUT2D eigenvalue weighted by Gasteiger charge is 2.34. The van der Waals surface area contributed by atoms with Crippen LogP contribution in [0.15, 0.2) is 25.6 Å². The van der Waals surface area contributed by atoms with Crippen molar-refractivity contribution in [3.05, 3.63) is 35.7 Å². The zero-order valence-electron chi connectivity index (χ0n) is 11.6. The fourth-order valence-electron chi connectivity index (χ4n) is 2.04. The molecule has 1 rings (SSSR count). The Morgan fingerprint density at radius 2 is 1.45 bits per heavy atom. The Balaban J connectivity index is 3.45. The van der Waals surface area contributed by atoms with Crippen molar-refractivity contribution in [1.82, 2.24) is 5.01 Å². The summed E-state index contributed by atoms with van der Waals surface area (Å²) in [5.41, 5.74) is 0.473. The molecular weight excluding hydrogens is 458 g/mol. The lowest BCUT2D eigenvalue weighted by Crippen LogP contribution is -2.53. The number of hydrazine groups is 2. The smallest absolute Gasteiger partial charge is 0.181 e. The van der Waals surface area contributed by atoms with E-state index in [1.807, 2.05) is 27.7 Å². The van der Waals surface area contributed by atoms with Crippen molar-refractivity contribution in [2.45, 2.75) is 39.8 Å². The number of halogens is 3. The van der Waals surface area contributed by atoms with Crippen molar-refractivity contribution >= 4 is 53.5 Å². The van der Waals surface area contributed by atoms with Crippen LogP contribution in [-0.4, -0.2) is 22.1 Å². The number of nitro groups is 1. The summed E-state index contributed by atoms with van der Waals surface area (Å²) in [5, 5.41) is 14.0. The van der Waals surface area contributed by atoms with Crippen LogP contribution >= 0.6 is 47.8 Å². The number of hydrogen-bond acceptors (Lipinski definition) is 3. The van der Waals surface area contributed by atoms with Crippen molar-refractivity contribution in [3.63, 3.8) is 0 Å². The van der Waals surface area contributed by atoms with E-state index in [2.05, 4.69) is 47.8 Å². The van der Waals surface area contributed by atoms with E-state index in [1.165, 1.54) is 0 Å². The molecule has 0 heterocycles. The first-order valence-corrected chi connectivity index (χ1v) is 8.42. The van der Waals surface area contributed by atoms with Gasteiger partial charge < -0.3 is 0 Å². The summed E-state index contributed by atoms with van der Waals surface area (Å²) in [7, 11) is 0. The van der Waals surface area contributed by atoms with Gasteiger partial charge in [-0.2, -0.15) is 5.01 Å². The lowest BCUT2D eigenvalue weighted by Gasteiger charge is -2.34. The Bertz CT molecular complexity index is 478. The molecule has 0 saturated heterocycles. The van der Waals surface area contributed by atoms with Gasteiger partial charge in [-0.1, -0.05) is 15.9 Å². The number of anilines is 1. The Morgan fingerprint density at radius 3 is 1.75 bits per heavy atom. The second-order valence-electron chi connectivity index (χ2n) is 4.81. The molecule has 0 amide bonds. The van der Waals surface area contributed by atoms with Crippen LogP contribution in [0.5, 0.6) is 0 Å². The number of benzene rings is 1. The minimum absolute atomic E-state index is 0.0113. The molecule has 0 radical (unpaired) electrons. The normalized spacial score (nSPS) is 11.5. The average Bonchev–Trinajstić information content (AvgIpc) is 2.24. The van der Waals surface area contributed by atoms with Gasteiger partial charge in [-0.25, -0.2) is 10.1 Å². The van der Waals surface area contributed by atoms with E-state index < -0.39 is 5.03 Å². The van der Waals surface area contributed by atoms with Crippen LogP contribution in [-0.2, 0) is 0 Å². The summed E-state index contributed by atoms with van der Waals surface area (Å²) in [5.74, 6) is 0. The van der Waals surface area contributed by atoms with Gasteiger partial charge in [0.2, 0.25) is 0 Å². The predicted octanol–water partition coefficient (Wildman–Crippen LogP) is 5.01. The van der Waals surface area contributed by atoms with Crippen LogP contribution in [0.2, 0.25) is 0 Å². The highest BCUT2D eigenvalue weighted by atomic mass is 79.9. The fourth-order valence-corrected chi connectivity index (χ4v) is 4.62. The van der Waals surface area contributed by atoms with E-state index >= 15 is 0 Å². The average molecular weight is 474 g/mol. The third-order valence-electron chi connectivity index (χ3n) is 2.61. The SMILES string of the molecule is CC(C)N(C(C)C)N(c1c(Br)cc(Br)cc1Br)[N+](=O)[O-]. The molecule has 0 spiro atoms. The van der Waals surface area contributed by atoms with Crippen molar-refractivity contribution < 1.29 is 5.03 Å². The van der Waals surface area contributed by atoms with Crippen molar-refractivity contribution in [2.75, 3.05) is 5.12 Å². The molecule has 0 aliphatic rings. The maximum atomic E-state index is 11.6. The highest BCUT2D eigenvalue weighted by Crippen LogP contribution is 2.38. The quantitative estimate of drug-likeness (QED) is 0.445. The van der Waals surface area contributed by atoms with Crippen molar-refractivity contribution in [2.24, 2.45) is 0 Å². The van der Waals surface area contributed by atoms with Gasteiger partial charge in [-0.3, -0.25) is 0 Å². The number of rotatable bonds is 5. The van der Waals surface area contributed by atoms with Gasteiger partial charge in [0.1, 0.15) is 0 Å². The molecule has 0 saturated carbocycles. The van der Waals surface area contributed by atoms with Crippen LogP contribution < -0.4 is 5.12 Å². The predicted molar refractivity (Wildman–Crippen MR) is 91.1 cm³/mol. The van der Waals surface area contributed by atoms with E-state index in [0.29, 0.717) is 14.6 Å². The Kier molecular flexibility index (Phi) is 6.43. The monoisotopic (exact) mass is 471 g/mol. The van der Waals surface area contributed by atoms with Crippen LogP contribution in [0.1, 0.15) is 27.7 Å². The van der Waals surface area contributed by atoms with Crippen LogP contribution in [0, 0.1) is 10.1 Å². The molecule has 5 nitrogen and oxygen atoms in total. The molecule has 112 valence electrons. The lowest BCUT2D eigenvalue weighted by atomic mass is 10.2. The molecule has 0 aliphatic heterocycles. The number of nitrogens with zero attached hydrogens (tertiary/aromatic N) is 3. The summed E-state index contributed by atoms with van der Waals surface area (Å²) in [4.78, 5) is 11.6. The molecule has 0 N–H and O–H groups in total. The standard InChI is InChI=1S/C12H16Br3N3O2/c1-7(2)16(8(3)4)17(18(19)20)12-10(14)5-9(13)6-11(12)15/h5-8H,1-4H3. The van der Waals surface area contributed by atoms with Crippen LogP contribution in [0.4, 0.5) is 5.69 Å². The first-order chi connectivity index (χ1) is 9.16. The van der Waals surface area contributed by atoms with Gasteiger partial charge in [0.25, 0.3) is 0 Å². The lowest BCUT2D eigenvalue weighted by molar-refractivity contribution is -0.527. The second-order valence-corrected chi connectivity index (χ2v) is 7.44. The molecule has 0 aliphatic carbocycles. The summed E-state index contributed by atoms with van der Waals surface area (Å²) < 4.78 is 2.12. The van der Waals surface area contributed by atoms with Gasteiger partial charge in [0.15, 0.2) is 10.7 Å². The van der Waals surface area contributed by atoms with E-state index in [9.17, 15) is 10.1 Å². The van der Waals surface area contributed by atoms with Gasteiger partial charge in [-0.15, -0.1) is 0 Å². The Morgan fingerprint density at radius 1 is 1.05 bits per heavy atom. The maximum absolute atomic E-state index is 11.6. The first kappa shape index (κ1) is 17.9. The zero-order chi connectivity index (χ0) is 15.6. The third kappa shape index (κ3) is 3.93. The molecular formula is C12H16Br3N3O2. The van der Waals surface area contributed by atoms with E-state index in [0.717, 1.165) is 9.59 Å². The zero-order valence-corrected chi connectivity index (χ0v) is 16.4. The van der Waals surface area contributed by atoms with Crippen molar-refractivity contribution in [3.8, 4) is 0 Å². The largest absolute Gasteiger partial charge is 0.233 e. The molecule has 0 unspecified atom stereocenters. The van der Waals surface area contributed by atoms with Gasteiger partial charge in [-0.05, 0) is 76.8 Å². The maximum Gasteiger partial charge on any atom is 0.181 e. The first-order valence-electron chi connectivity index (χ1n) is 6.04. The van der Waals surface area contributed by atoms with Gasteiger partial charge in [0.05, 0.1) is 8.95 Å². The topological polar surface area (TPSA) is 49.6 Å². The van der Waals surface area contributed by atoms with E-state index in [4.69, 9.17) is 0 Å². The highest BCUT2D eigenvalue weighted by molar-refractivity contribution is 9.11. The van der Waals surface area contributed by atoms with Gasteiger partial charge >= 0.3 is 0 Å². The van der Waals surface area contributed by atoms with Crippen molar-refractivity contribution in [1.29, 1.82) is 0 Å². The van der Waals surface area contributed by atoms with Crippen LogP contribution in [0.25, 0.3) is 0 Å². The fraction of sp³-hybridized carbons (Fsp3) is 0.500. The Labute approximate surface area is 143 Å².